The number of nitrogens with one attached hydrogen (secondary N) is 2. The standard InChI is InChI=1S/C18H19F2N3O.C2H6/c1-12-6-13(8-17(7-12)23-4-2-21-3-5-23)18(24)22-16-10-14(19)9-15(20)11-16;1-2/h6-11,21H,2-5H2,1H3,(H,22,24);1-2H3. The van der Waals surface area contributed by atoms with E-state index in [2.05, 4.69) is 15.5 Å². The van der Waals surface area contributed by atoms with Crippen LogP contribution in [-0.2, 0) is 0 Å². The van der Waals surface area contributed by atoms with Crippen LogP contribution >= 0.6 is 0 Å². The maximum atomic E-state index is 13.2. The maximum Gasteiger partial charge on any atom is 0.255 e. The van der Waals surface area contributed by atoms with Crippen LogP contribution in [0.3, 0.4) is 0 Å². The third kappa shape index (κ3) is 5.26. The highest BCUT2D eigenvalue weighted by molar-refractivity contribution is 6.05. The first-order valence-electron chi connectivity index (χ1n) is 8.86. The molecular formula is C20H25F2N3O. The molecule has 140 valence electrons. The number of hydrogen-bond acceptors (Lipinski definition) is 3. The summed E-state index contributed by atoms with van der Waals surface area (Å²) in [6, 6.07) is 8.55. The van der Waals surface area contributed by atoms with Gasteiger partial charge in [-0.15, -0.1) is 0 Å². The minimum atomic E-state index is -0.726. The smallest absolute Gasteiger partial charge is 0.255 e. The van der Waals surface area contributed by atoms with Crippen molar-refractivity contribution >= 4 is 17.3 Å². The number of anilines is 2. The molecule has 2 aromatic rings. The summed E-state index contributed by atoms with van der Waals surface area (Å²) in [5.74, 6) is -1.84. The summed E-state index contributed by atoms with van der Waals surface area (Å²) in [5.41, 5.74) is 2.50. The summed E-state index contributed by atoms with van der Waals surface area (Å²) >= 11 is 0. The zero-order chi connectivity index (χ0) is 19.1. The second-order valence-corrected chi connectivity index (χ2v) is 5.91. The Morgan fingerprint density at radius 2 is 1.62 bits per heavy atom. The summed E-state index contributed by atoms with van der Waals surface area (Å²) < 4.78 is 26.5. The van der Waals surface area contributed by atoms with Crippen molar-refractivity contribution in [3.63, 3.8) is 0 Å². The highest BCUT2D eigenvalue weighted by Gasteiger charge is 2.14. The first kappa shape index (κ1) is 19.8. The van der Waals surface area contributed by atoms with Gasteiger partial charge in [-0.1, -0.05) is 13.8 Å². The second-order valence-electron chi connectivity index (χ2n) is 5.91. The van der Waals surface area contributed by atoms with Crippen LogP contribution in [0.15, 0.2) is 36.4 Å². The number of benzene rings is 2. The van der Waals surface area contributed by atoms with Gasteiger partial charge in [0.15, 0.2) is 0 Å². The molecule has 1 heterocycles. The molecule has 2 N–H and O–H groups in total. The topological polar surface area (TPSA) is 44.4 Å². The Kier molecular flexibility index (Phi) is 7.09. The van der Waals surface area contributed by atoms with Gasteiger partial charge in [0.2, 0.25) is 0 Å². The van der Waals surface area contributed by atoms with Gasteiger partial charge in [0.05, 0.1) is 0 Å². The number of piperazine rings is 1. The molecule has 6 heteroatoms. The van der Waals surface area contributed by atoms with Gasteiger partial charge in [0, 0.05) is 49.2 Å². The normalized spacial score (nSPS) is 13.7. The van der Waals surface area contributed by atoms with Gasteiger partial charge in [-0.3, -0.25) is 4.79 Å². The van der Waals surface area contributed by atoms with Gasteiger partial charge in [0.1, 0.15) is 11.6 Å². The van der Waals surface area contributed by atoms with E-state index in [0.717, 1.165) is 55.6 Å². The molecule has 0 saturated carbocycles. The van der Waals surface area contributed by atoms with E-state index in [4.69, 9.17) is 0 Å². The Labute approximate surface area is 153 Å². The van der Waals surface area contributed by atoms with Crippen molar-refractivity contribution in [2.75, 3.05) is 36.4 Å². The largest absolute Gasteiger partial charge is 0.369 e. The number of carbonyl (C=O) groups excluding carboxylic acids is 1. The third-order valence-electron chi connectivity index (χ3n) is 3.93. The summed E-state index contributed by atoms with van der Waals surface area (Å²) in [6.45, 7) is 9.47. The van der Waals surface area contributed by atoms with E-state index in [1.54, 1.807) is 6.07 Å². The van der Waals surface area contributed by atoms with Crippen LogP contribution in [0.25, 0.3) is 0 Å². The Morgan fingerprint density at radius 3 is 2.23 bits per heavy atom. The van der Waals surface area contributed by atoms with E-state index in [-0.39, 0.29) is 11.6 Å². The van der Waals surface area contributed by atoms with Gasteiger partial charge in [-0.2, -0.15) is 0 Å². The molecule has 0 aliphatic carbocycles. The molecule has 0 aromatic heterocycles. The zero-order valence-corrected chi connectivity index (χ0v) is 15.4. The monoisotopic (exact) mass is 361 g/mol. The van der Waals surface area contributed by atoms with Crippen LogP contribution in [0, 0.1) is 18.6 Å². The van der Waals surface area contributed by atoms with Crippen molar-refractivity contribution in [1.82, 2.24) is 5.32 Å². The molecule has 4 nitrogen and oxygen atoms in total. The maximum absolute atomic E-state index is 13.2. The lowest BCUT2D eigenvalue weighted by atomic mass is 10.1. The summed E-state index contributed by atoms with van der Waals surface area (Å²) in [4.78, 5) is 14.6. The van der Waals surface area contributed by atoms with Crippen LogP contribution in [0.1, 0.15) is 29.8 Å². The molecule has 26 heavy (non-hydrogen) atoms. The highest BCUT2D eigenvalue weighted by atomic mass is 19.1. The van der Waals surface area contributed by atoms with E-state index in [0.29, 0.717) is 5.56 Å². The quantitative estimate of drug-likeness (QED) is 0.870. The predicted molar refractivity (Wildman–Crippen MR) is 102 cm³/mol. The minimum Gasteiger partial charge on any atom is -0.369 e. The molecule has 0 radical (unpaired) electrons. The molecule has 1 aliphatic rings. The van der Waals surface area contributed by atoms with Gasteiger partial charge in [-0.25, -0.2) is 8.78 Å². The SMILES string of the molecule is CC.Cc1cc(C(=O)Nc2cc(F)cc(F)c2)cc(N2CCNCC2)c1. The molecule has 1 saturated heterocycles. The Hall–Kier alpha value is -2.47. The zero-order valence-electron chi connectivity index (χ0n) is 15.4. The van der Waals surface area contributed by atoms with Crippen molar-refractivity contribution in [3.8, 4) is 0 Å². The van der Waals surface area contributed by atoms with E-state index in [1.165, 1.54) is 0 Å². The van der Waals surface area contributed by atoms with Crippen LogP contribution in [0.4, 0.5) is 20.2 Å². The third-order valence-corrected chi connectivity index (χ3v) is 3.93. The fraction of sp³-hybridized carbons (Fsp3) is 0.350. The summed E-state index contributed by atoms with van der Waals surface area (Å²) in [5, 5.41) is 5.84. The van der Waals surface area contributed by atoms with Crippen molar-refractivity contribution in [2.24, 2.45) is 0 Å². The number of halogens is 2. The number of rotatable bonds is 3. The molecule has 0 unspecified atom stereocenters. The molecule has 0 bridgehead atoms. The Morgan fingerprint density at radius 1 is 1.00 bits per heavy atom. The van der Waals surface area contributed by atoms with Crippen molar-refractivity contribution < 1.29 is 13.6 Å². The van der Waals surface area contributed by atoms with Crippen LogP contribution in [-0.4, -0.2) is 32.1 Å². The van der Waals surface area contributed by atoms with E-state index >= 15 is 0 Å². The van der Waals surface area contributed by atoms with Crippen molar-refractivity contribution in [1.29, 1.82) is 0 Å². The van der Waals surface area contributed by atoms with E-state index < -0.39 is 11.6 Å². The molecule has 1 fully saturated rings. The number of nitrogens with zero attached hydrogens (tertiary/aromatic N) is 1. The molecule has 3 rings (SSSR count). The van der Waals surface area contributed by atoms with Gasteiger partial charge < -0.3 is 15.5 Å². The predicted octanol–water partition coefficient (Wildman–Crippen LogP) is 3.96. The lowest BCUT2D eigenvalue weighted by molar-refractivity contribution is 0.102. The fourth-order valence-electron chi connectivity index (χ4n) is 2.83. The number of hydrogen-bond donors (Lipinski definition) is 2. The molecule has 0 spiro atoms. The minimum absolute atomic E-state index is 0.0997. The molecule has 1 aliphatic heterocycles. The molecule has 1 amide bonds. The second kappa shape index (κ2) is 9.29. The summed E-state index contributed by atoms with van der Waals surface area (Å²) in [7, 11) is 0. The lowest BCUT2D eigenvalue weighted by Gasteiger charge is -2.30. The Balaban J connectivity index is 0.00000117. The van der Waals surface area contributed by atoms with Crippen LogP contribution in [0.2, 0.25) is 0 Å². The molecule has 2 aromatic carbocycles. The summed E-state index contributed by atoms with van der Waals surface area (Å²) in [6.07, 6.45) is 0. The average molecular weight is 361 g/mol. The highest BCUT2D eigenvalue weighted by Crippen LogP contribution is 2.21. The van der Waals surface area contributed by atoms with Gasteiger partial charge >= 0.3 is 0 Å². The number of amides is 1. The lowest BCUT2D eigenvalue weighted by Crippen LogP contribution is -2.43. The molecule has 0 atom stereocenters. The van der Waals surface area contributed by atoms with E-state index in [1.807, 2.05) is 32.9 Å². The first-order chi connectivity index (χ1) is 12.5. The Bertz CT molecular complexity index is 738. The number of aryl methyl sites for hydroxylation is 1. The fourth-order valence-corrected chi connectivity index (χ4v) is 2.83. The van der Waals surface area contributed by atoms with Gasteiger partial charge in [-0.05, 0) is 42.8 Å². The van der Waals surface area contributed by atoms with Crippen LogP contribution in [0.5, 0.6) is 0 Å². The number of carbonyl (C=O) groups is 1. The average Bonchev–Trinajstić information content (AvgIpc) is 2.63. The van der Waals surface area contributed by atoms with E-state index in [9.17, 15) is 13.6 Å². The molecular weight excluding hydrogens is 336 g/mol. The first-order valence-corrected chi connectivity index (χ1v) is 8.86. The van der Waals surface area contributed by atoms with Crippen LogP contribution < -0.4 is 15.5 Å². The van der Waals surface area contributed by atoms with Crippen molar-refractivity contribution in [2.45, 2.75) is 20.8 Å². The van der Waals surface area contributed by atoms with Crippen molar-refractivity contribution in [3.05, 3.63) is 59.2 Å². The van der Waals surface area contributed by atoms with Gasteiger partial charge in [0.25, 0.3) is 5.91 Å².